The van der Waals surface area contributed by atoms with E-state index < -0.39 is 22.9 Å². The molecule has 0 aliphatic carbocycles. The maximum atomic E-state index is 13.5. The van der Waals surface area contributed by atoms with Crippen molar-refractivity contribution in [3.63, 3.8) is 0 Å². The molecule has 0 radical (unpaired) electrons. The average molecular weight is 641 g/mol. The molecule has 0 aliphatic heterocycles. The highest BCUT2D eigenvalue weighted by atomic mass is 32.2. The van der Waals surface area contributed by atoms with Crippen molar-refractivity contribution in [3.8, 4) is 11.3 Å². The molecule has 3 amide bonds. The number of nitrogens with zero attached hydrogens (tertiary/aromatic N) is 1. The van der Waals surface area contributed by atoms with Crippen molar-refractivity contribution in [2.24, 2.45) is 0 Å². The normalized spacial score (nSPS) is 11.8. The molecule has 45 heavy (non-hydrogen) atoms. The van der Waals surface area contributed by atoms with Gasteiger partial charge in [-0.1, -0.05) is 36.4 Å². The van der Waals surface area contributed by atoms with Gasteiger partial charge in [-0.15, -0.1) is 23.1 Å². The zero-order chi connectivity index (χ0) is 31.8. The minimum Gasteiger partial charge on any atom is -0.321 e. The van der Waals surface area contributed by atoms with Crippen molar-refractivity contribution in [1.29, 1.82) is 0 Å². The van der Waals surface area contributed by atoms with E-state index in [-0.39, 0.29) is 17.4 Å². The molecule has 4 aromatic carbocycles. The fourth-order valence-corrected chi connectivity index (χ4v) is 5.71. The lowest BCUT2D eigenvalue weighted by atomic mass is 10.1. The van der Waals surface area contributed by atoms with E-state index in [1.807, 2.05) is 6.07 Å². The summed E-state index contributed by atoms with van der Waals surface area (Å²) < 4.78 is 26.7. The van der Waals surface area contributed by atoms with Crippen LogP contribution < -0.4 is 16.0 Å². The molecule has 0 bridgehead atoms. The van der Waals surface area contributed by atoms with Crippen LogP contribution in [0.2, 0.25) is 0 Å². The van der Waals surface area contributed by atoms with Crippen LogP contribution in [0.1, 0.15) is 22.8 Å². The van der Waals surface area contributed by atoms with Gasteiger partial charge in [0.2, 0.25) is 5.91 Å². The van der Waals surface area contributed by atoms with E-state index in [9.17, 15) is 23.2 Å². The summed E-state index contributed by atoms with van der Waals surface area (Å²) in [5, 5.41) is 9.96. The Bertz CT molecular complexity index is 1840. The molecule has 0 saturated heterocycles. The monoisotopic (exact) mass is 640 g/mol. The number of benzene rings is 4. The van der Waals surface area contributed by atoms with E-state index >= 15 is 0 Å². The number of hydrogen-bond donors (Lipinski definition) is 3. The zero-order valence-corrected chi connectivity index (χ0v) is 25.4. The fourth-order valence-electron chi connectivity index (χ4n) is 4.06. The van der Waals surface area contributed by atoms with Crippen LogP contribution in [0.4, 0.5) is 19.6 Å². The molecule has 1 unspecified atom stereocenters. The fraction of sp³-hybridized carbons (Fsp3) is 0.0588. The van der Waals surface area contributed by atoms with Gasteiger partial charge in [-0.2, -0.15) is 0 Å². The highest BCUT2D eigenvalue weighted by Gasteiger charge is 2.18. The van der Waals surface area contributed by atoms with E-state index in [1.165, 1.54) is 65.6 Å². The summed E-state index contributed by atoms with van der Waals surface area (Å²) >= 11 is 2.56. The smallest absolute Gasteiger partial charge is 0.272 e. The van der Waals surface area contributed by atoms with Crippen LogP contribution in [-0.4, -0.2) is 28.0 Å². The summed E-state index contributed by atoms with van der Waals surface area (Å²) in [6, 6.07) is 26.9. The van der Waals surface area contributed by atoms with Crippen LogP contribution in [0.5, 0.6) is 0 Å². The van der Waals surface area contributed by atoms with Crippen LogP contribution in [0.15, 0.2) is 119 Å². The molecule has 11 heteroatoms. The van der Waals surface area contributed by atoms with E-state index in [1.54, 1.807) is 73.0 Å². The first-order valence-corrected chi connectivity index (χ1v) is 15.4. The number of halogens is 2. The van der Waals surface area contributed by atoms with E-state index in [2.05, 4.69) is 20.9 Å². The van der Waals surface area contributed by atoms with Gasteiger partial charge in [0.05, 0.1) is 10.9 Å². The zero-order valence-electron chi connectivity index (χ0n) is 23.8. The number of carbonyl (C=O) groups is 3. The van der Waals surface area contributed by atoms with Crippen molar-refractivity contribution in [3.05, 3.63) is 137 Å². The molecule has 5 rings (SSSR count). The van der Waals surface area contributed by atoms with E-state index in [4.69, 9.17) is 0 Å². The van der Waals surface area contributed by atoms with Gasteiger partial charge in [0.15, 0.2) is 5.13 Å². The molecular formula is C34H26F2N4O3S2. The molecule has 1 aromatic heterocycles. The number of anilines is 2. The van der Waals surface area contributed by atoms with Gasteiger partial charge in [-0.25, -0.2) is 13.8 Å². The van der Waals surface area contributed by atoms with E-state index in [0.29, 0.717) is 27.6 Å². The molecule has 1 atom stereocenters. The standard InChI is InChI=1S/C34H26F2N4O3S2/c1-21(31(41)40-34-39-30(20-44-34)23-12-16-26(36)17-13-23)45-28-9-5-8-27(19-28)37-33(43)29(18-22-10-14-25(35)15-11-22)38-32(42)24-6-3-2-4-7-24/h2-21H,1H3,(H,37,43)(H,38,42)(H,39,40,41)/b29-18-. The Kier molecular flexibility index (Phi) is 10.1. The van der Waals surface area contributed by atoms with Gasteiger partial charge < -0.3 is 16.0 Å². The lowest BCUT2D eigenvalue weighted by molar-refractivity contribution is -0.115. The number of amides is 3. The van der Waals surface area contributed by atoms with Crippen molar-refractivity contribution in [2.75, 3.05) is 10.6 Å². The number of hydrogen-bond acceptors (Lipinski definition) is 6. The Labute approximate surface area is 266 Å². The first kappa shape index (κ1) is 31.3. The molecular weight excluding hydrogens is 615 g/mol. The molecule has 226 valence electrons. The van der Waals surface area contributed by atoms with Crippen molar-refractivity contribution in [2.45, 2.75) is 17.1 Å². The van der Waals surface area contributed by atoms with Gasteiger partial charge in [-0.05, 0) is 85.3 Å². The first-order chi connectivity index (χ1) is 21.7. The lowest BCUT2D eigenvalue weighted by Gasteiger charge is -2.13. The summed E-state index contributed by atoms with van der Waals surface area (Å²) in [4.78, 5) is 44.3. The Hall–Kier alpha value is -5.13. The van der Waals surface area contributed by atoms with Gasteiger partial charge in [0.25, 0.3) is 11.8 Å². The van der Waals surface area contributed by atoms with Crippen molar-refractivity contribution < 1.29 is 23.2 Å². The highest BCUT2D eigenvalue weighted by Crippen LogP contribution is 2.29. The molecule has 3 N–H and O–H groups in total. The van der Waals surface area contributed by atoms with Crippen LogP contribution in [-0.2, 0) is 9.59 Å². The number of rotatable bonds is 10. The second kappa shape index (κ2) is 14.6. The predicted molar refractivity (Wildman–Crippen MR) is 175 cm³/mol. The maximum Gasteiger partial charge on any atom is 0.272 e. The van der Waals surface area contributed by atoms with Gasteiger partial charge in [-0.3, -0.25) is 14.4 Å². The Balaban J connectivity index is 1.25. The molecule has 0 fully saturated rings. The molecule has 7 nitrogen and oxygen atoms in total. The van der Waals surface area contributed by atoms with Crippen molar-refractivity contribution in [1.82, 2.24) is 10.3 Å². The largest absolute Gasteiger partial charge is 0.321 e. The summed E-state index contributed by atoms with van der Waals surface area (Å²) in [5.41, 5.74) is 2.66. The van der Waals surface area contributed by atoms with Crippen molar-refractivity contribution >= 4 is 57.7 Å². The topological polar surface area (TPSA) is 100 Å². The third-order valence-corrected chi connectivity index (χ3v) is 8.21. The number of thiazole rings is 1. The quantitative estimate of drug-likeness (QED) is 0.108. The second-order valence-corrected chi connectivity index (χ2v) is 12.0. The number of carbonyl (C=O) groups excluding carboxylic acids is 3. The summed E-state index contributed by atoms with van der Waals surface area (Å²) in [5.74, 6) is -2.09. The Morgan fingerprint density at radius 3 is 2.24 bits per heavy atom. The molecule has 0 aliphatic rings. The van der Waals surface area contributed by atoms with Crippen LogP contribution in [0.25, 0.3) is 17.3 Å². The highest BCUT2D eigenvalue weighted by molar-refractivity contribution is 8.00. The molecule has 0 saturated carbocycles. The molecule has 1 heterocycles. The van der Waals surface area contributed by atoms with Crippen LogP contribution in [0, 0.1) is 11.6 Å². The van der Waals surface area contributed by atoms with Crippen LogP contribution in [0.3, 0.4) is 0 Å². The third-order valence-electron chi connectivity index (χ3n) is 6.36. The van der Waals surface area contributed by atoms with Gasteiger partial charge >= 0.3 is 0 Å². The summed E-state index contributed by atoms with van der Waals surface area (Å²) in [7, 11) is 0. The maximum absolute atomic E-state index is 13.5. The molecule has 0 spiro atoms. The SMILES string of the molecule is CC(Sc1cccc(NC(=O)/C(=C/c2ccc(F)cc2)NC(=O)c2ccccc2)c1)C(=O)Nc1nc(-c2ccc(F)cc2)cs1. The Morgan fingerprint density at radius 2 is 1.53 bits per heavy atom. The van der Waals surface area contributed by atoms with E-state index in [0.717, 1.165) is 10.5 Å². The molecule has 5 aromatic rings. The first-order valence-electron chi connectivity index (χ1n) is 13.7. The van der Waals surface area contributed by atoms with Gasteiger partial charge in [0, 0.05) is 27.1 Å². The number of aromatic nitrogens is 1. The van der Waals surface area contributed by atoms with Crippen LogP contribution >= 0.6 is 23.1 Å². The second-order valence-electron chi connectivity index (χ2n) is 9.71. The third kappa shape index (κ3) is 8.71. The average Bonchev–Trinajstić information content (AvgIpc) is 3.51. The summed E-state index contributed by atoms with van der Waals surface area (Å²) in [6.07, 6.45) is 1.46. The number of nitrogens with one attached hydrogen (secondary N) is 3. The van der Waals surface area contributed by atoms with Gasteiger partial charge in [0.1, 0.15) is 17.3 Å². The summed E-state index contributed by atoms with van der Waals surface area (Å²) in [6.45, 7) is 1.75. The number of thioether (sulfide) groups is 1. The minimum absolute atomic E-state index is 0.0373. The minimum atomic E-state index is -0.586. The Morgan fingerprint density at radius 1 is 0.844 bits per heavy atom. The predicted octanol–water partition coefficient (Wildman–Crippen LogP) is 7.62. The lowest BCUT2D eigenvalue weighted by Crippen LogP contribution is -2.30.